The van der Waals surface area contributed by atoms with Crippen LogP contribution in [0.5, 0.6) is 0 Å². The standard InChI is InChI=1S/C18H20ClNO4/c1-12-9-20(10-18(24-12)5-2-6-22-11-18)17(21)16-8-13-7-14(19)3-4-15(13)23-16/h3-4,7-8,12H,2,5-6,9-11H2,1H3/t12-,18-/m1/s1. The summed E-state index contributed by atoms with van der Waals surface area (Å²) in [6.07, 6.45) is 1.84. The van der Waals surface area contributed by atoms with Gasteiger partial charge in [-0.15, -0.1) is 0 Å². The number of ether oxygens (including phenoxy) is 2. The van der Waals surface area contributed by atoms with E-state index in [0.717, 1.165) is 24.8 Å². The number of rotatable bonds is 1. The van der Waals surface area contributed by atoms with Gasteiger partial charge in [-0.25, -0.2) is 0 Å². The maximum atomic E-state index is 12.9. The van der Waals surface area contributed by atoms with Crippen molar-refractivity contribution >= 4 is 28.5 Å². The number of amides is 1. The van der Waals surface area contributed by atoms with Gasteiger partial charge in [-0.3, -0.25) is 4.79 Å². The largest absolute Gasteiger partial charge is 0.451 e. The van der Waals surface area contributed by atoms with E-state index in [-0.39, 0.29) is 17.6 Å². The average Bonchev–Trinajstić information content (AvgIpc) is 2.97. The Kier molecular flexibility index (Phi) is 4.03. The van der Waals surface area contributed by atoms with E-state index in [9.17, 15) is 4.79 Å². The summed E-state index contributed by atoms with van der Waals surface area (Å²) in [5, 5.41) is 1.46. The van der Waals surface area contributed by atoms with Crippen molar-refractivity contribution < 1.29 is 18.7 Å². The molecule has 2 saturated heterocycles. The number of fused-ring (bicyclic) bond motifs is 1. The minimum Gasteiger partial charge on any atom is -0.451 e. The molecule has 0 aliphatic carbocycles. The first-order chi connectivity index (χ1) is 11.5. The molecule has 0 bridgehead atoms. The molecule has 5 nitrogen and oxygen atoms in total. The summed E-state index contributed by atoms with van der Waals surface area (Å²) in [5.74, 6) is 0.232. The zero-order valence-corrected chi connectivity index (χ0v) is 14.3. The third-order valence-corrected chi connectivity index (χ3v) is 4.91. The lowest BCUT2D eigenvalue weighted by atomic mass is 9.93. The molecule has 1 aromatic carbocycles. The molecule has 1 aromatic heterocycles. The molecule has 1 spiro atoms. The van der Waals surface area contributed by atoms with Crippen molar-refractivity contribution in [1.82, 2.24) is 4.90 Å². The molecular formula is C18H20ClNO4. The SMILES string of the molecule is C[C@@H]1CN(C(=O)c2cc3cc(Cl)ccc3o2)C[C@@]2(CCCOC2)O1. The molecule has 0 saturated carbocycles. The summed E-state index contributed by atoms with van der Waals surface area (Å²) in [6.45, 7) is 4.38. The van der Waals surface area contributed by atoms with E-state index < -0.39 is 0 Å². The topological polar surface area (TPSA) is 51.9 Å². The third kappa shape index (κ3) is 2.92. The van der Waals surface area contributed by atoms with Crippen molar-refractivity contribution in [3.8, 4) is 0 Å². The van der Waals surface area contributed by atoms with Crippen LogP contribution in [-0.4, -0.2) is 48.8 Å². The maximum Gasteiger partial charge on any atom is 0.289 e. The maximum absolute atomic E-state index is 12.9. The van der Waals surface area contributed by atoms with Gasteiger partial charge in [-0.05, 0) is 44.0 Å². The summed E-state index contributed by atoms with van der Waals surface area (Å²) < 4.78 is 17.5. The molecule has 2 fully saturated rings. The van der Waals surface area contributed by atoms with Crippen LogP contribution < -0.4 is 0 Å². The van der Waals surface area contributed by atoms with Crippen molar-refractivity contribution in [2.24, 2.45) is 0 Å². The van der Waals surface area contributed by atoms with Gasteiger partial charge in [0, 0.05) is 23.6 Å². The minimum absolute atomic E-state index is 0.0248. The number of halogens is 1. The number of carbonyl (C=O) groups excluding carboxylic acids is 1. The Bertz CT molecular complexity index is 765. The lowest BCUT2D eigenvalue weighted by Gasteiger charge is -2.46. The van der Waals surface area contributed by atoms with Crippen LogP contribution >= 0.6 is 11.6 Å². The quantitative estimate of drug-likeness (QED) is 0.790. The summed E-state index contributed by atoms with van der Waals surface area (Å²) >= 11 is 6.01. The highest BCUT2D eigenvalue weighted by molar-refractivity contribution is 6.31. The van der Waals surface area contributed by atoms with Crippen molar-refractivity contribution in [2.45, 2.75) is 31.5 Å². The van der Waals surface area contributed by atoms with Gasteiger partial charge in [-0.2, -0.15) is 0 Å². The molecule has 2 atom stereocenters. The Morgan fingerprint density at radius 2 is 2.25 bits per heavy atom. The smallest absolute Gasteiger partial charge is 0.289 e. The second-order valence-electron chi connectivity index (χ2n) is 6.75. The molecule has 3 heterocycles. The second kappa shape index (κ2) is 6.06. The molecule has 1 amide bonds. The van der Waals surface area contributed by atoms with Crippen LogP contribution in [0.3, 0.4) is 0 Å². The predicted molar refractivity (Wildman–Crippen MR) is 90.5 cm³/mol. The van der Waals surface area contributed by atoms with Gasteiger partial charge < -0.3 is 18.8 Å². The number of hydrogen-bond acceptors (Lipinski definition) is 4. The van der Waals surface area contributed by atoms with Crippen LogP contribution in [0.1, 0.15) is 30.3 Å². The number of furan rings is 1. The van der Waals surface area contributed by atoms with Crippen molar-refractivity contribution in [1.29, 1.82) is 0 Å². The molecule has 4 rings (SSSR count). The molecule has 0 N–H and O–H groups in total. The van der Waals surface area contributed by atoms with Gasteiger partial charge in [0.25, 0.3) is 5.91 Å². The molecule has 0 unspecified atom stereocenters. The fourth-order valence-corrected chi connectivity index (χ4v) is 3.88. The summed E-state index contributed by atoms with van der Waals surface area (Å²) in [7, 11) is 0. The number of nitrogens with zero attached hydrogens (tertiary/aromatic N) is 1. The summed E-state index contributed by atoms with van der Waals surface area (Å²) in [6, 6.07) is 7.10. The van der Waals surface area contributed by atoms with Gasteiger partial charge in [0.1, 0.15) is 11.2 Å². The lowest BCUT2D eigenvalue weighted by Crippen LogP contribution is -2.59. The fourth-order valence-electron chi connectivity index (χ4n) is 3.70. The minimum atomic E-state index is -0.388. The molecule has 0 radical (unpaired) electrons. The third-order valence-electron chi connectivity index (χ3n) is 4.67. The fraction of sp³-hybridized carbons (Fsp3) is 0.500. The number of carbonyl (C=O) groups is 1. The zero-order valence-electron chi connectivity index (χ0n) is 13.6. The molecule has 2 aromatic rings. The summed E-state index contributed by atoms with van der Waals surface area (Å²) in [5.41, 5.74) is 0.278. The van der Waals surface area contributed by atoms with Crippen molar-refractivity contribution in [2.75, 3.05) is 26.3 Å². The van der Waals surface area contributed by atoms with Crippen LogP contribution in [0.4, 0.5) is 0 Å². The molecule has 6 heteroatoms. The Balaban J connectivity index is 1.59. The Hall–Kier alpha value is -1.56. The van der Waals surface area contributed by atoms with Crippen molar-refractivity contribution in [3.05, 3.63) is 35.0 Å². The second-order valence-corrected chi connectivity index (χ2v) is 7.18. The van der Waals surface area contributed by atoms with Crippen LogP contribution in [0.15, 0.2) is 28.7 Å². The highest BCUT2D eigenvalue weighted by atomic mass is 35.5. The first kappa shape index (κ1) is 15.9. The van der Waals surface area contributed by atoms with Crippen LogP contribution in [0.2, 0.25) is 5.02 Å². The molecule has 2 aliphatic rings. The van der Waals surface area contributed by atoms with Crippen LogP contribution in [-0.2, 0) is 9.47 Å². The van der Waals surface area contributed by atoms with E-state index >= 15 is 0 Å². The van der Waals surface area contributed by atoms with Gasteiger partial charge in [-0.1, -0.05) is 11.6 Å². The predicted octanol–water partition coefficient (Wildman–Crippen LogP) is 3.50. The average molecular weight is 350 g/mol. The van der Waals surface area contributed by atoms with Gasteiger partial charge in [0.2, 0.25) is 0 Å². The monoisotopic (exact) mass is 349 g/mol. The first-order valence-corrected chi connectivity index (χ1v) is 8.66. The van der Waals surface area contributed by atoms with E-state index in [2.05, 4.69) is 0 Å². The molecule has 24 heavy (non-hydrogen) atoms. The highest BCUT2D eigenvalue weighted by Crippen LogP contribution is 2.31. The van der Waals surface area contributed by atoms with Crippen molar-refractivity contribution in [3.63, 3.8) is 0 Å². The molecule has 2 aliphatic heterocycles. The molecular weight excluding hydrogens is 330 g/mol. The van der Waals surface area contributed by atoms with Gasteiger partial charge in [0.05, 0.1) is 19.3 Å². The first-order valence-electron chi connectivity index (χ1n) is 8.29. The molecule has 128 valence electrons. The van der Waals surface area contributed by atoms with E-state index in [4.69, 9.17) is 25.5 Å². The Morgan fingerprint density at radius 1 is 1.38 bits per heavy atom. The number of hydrogen-bond donors (Lipinski definition) is 0. The van der Waals surface area contributed by atoms with Crippen LogP contribution in [0.25, 0.3) is 11.0 Å². The normalized spacial score (nSPS) is 27.8. The highest BCUT2D eigenvalue weighted by Gasteiger charge is 2.43. The number of benzene rings is 1. The van der Waals surface area contributed by atoms with E-state index in [1.54, 1.807) is 24.3 Å². The van der Waals surface area contributed by atoms with Gasteiger partial charge in [0.15, 0.2) is 5.76 Å². The summed E-state index contributed by atoms with van der Waals surface area (Å²) in [4.78, 5) is 14.8. The lowest BCUT2D eigenvalue weighted by molar-refractivity contribution is -0.188. The van der Waals surface area contributed by atoms with E-state index in [0.29, 0.717) is 36.1 Å². The zero-order chi connectivity index (χ0) is 16.7. The number of morpholine rings is 1. The van der Waals surface area contributed by atoms with E-state index in [1.807, 2.05) is 11.8 Å². The Morgan fingerprint density at radius 3 is 3.04 bits per heavy atom. The van der Waals surface area contributed by atoms with Gasteiger partial charge >= 0.3 is 0 Å². The van der Waals surface area contributed by atoms with E-state index in [1.165, 1.54) is 0 Å². The van der Waals surface area contributed by atoms with Crippen LogP contribution in [0, 0.1) is 0 Å². The Labute approximate surface area is 145 Å².